The van der Waals surface area contributed by atoms with E-state index in [-0.39, 0.29) is 17.4 Å². The molecule has 1 saturated heterocycles. The maximum Gasteiger partial charge on any atom is 0.129 e. The Balaban J connectivity index is 2.34. The van der Waals surface area contributed by atoms with Gasteiger partial charge in [-0.05, 0) is 58.5 Å². The molecule has 1 atom stereocenters. The number of hydrogen-bond acceptors (Lipinski definition) is 2. The van der Waals surface area contributed by atoms with Crippen LogP contribution in [0.1, 0.15) is 45.2 Å². The fourth-order valence-corrected chi connectivity index (χ4v) is 3.31. The molecule has 0 amide bonds. The number of benzene rings is 1. The zero-order chi connectivity index (χ0) is 14.8. The Labute approximate surface area is 126 Å². The van der Waals surface area contributed by atoms with Crippen molar-refractivity contribution in [2.45, 2.75) is 45.2 Å². The van der Waals surface area contributed by atoms with Gasteiger partial charge in [-0.2, -0.15) is 0 Å². The van der Waals surface area contributed by atoms with Gasteiger partial charge >= 0.3 is 0 Å². The summed E-state index contributed by atoms with van der Waals surface area (Å²) in [4.78, 5) is 2.45. The van der Waals surface area contributed by atoms with E-state index in [9.17, 15) is 4.39 Å². The minimum absolute atomic E-state index is 0.0390. The Kier molecular flexibility index (Phi) is 5.05. The summed E-state index contributed by atoms with van der Waals surface area (Å²) in [6, 6.07) is 4.94. The Morgan fingerprint density at radius 2 is 2.00 bits per heavy atom. The molecule has 1 aromatic carbocycles. The lowest BCUT2D eigenvalue weighted by molar-refractivity contribution is 0.106. The van der Waals surface area contributed by atoms with Crippen molar-refractivity contribution in [3.8, 4) is 0 Å². The highest BCUT2D eigenvalue weighted by atomic mass is 35.5. The van der Waals surface area contributed by atoms with Crippen LogP contribution in [0, 0.1) is 5.82 Å². The minimum Gasteiger partial charge on any atom is -0.309 e. The maximum atomic E-state index is 14.3. The first kappa shape index (κ1) is 15.7. The molecule has 4 heteroatoms. The lowest BCUT2D eigenvalue weighted by Crippen LogP contribution is -2.51. The quantitative estimate of drug-likeness (QED) is 0.884. The maximum absolute atomic E-state index is 14.3. The van der Waals surface area contributed by atoms with Gasteiger partial charge in [0.1, 0.15) is 5.82 Å². The number of likely N-dealkylation sites (N-methyl/N-ethyl adjacent to an activating group) is 1. The van der Waals surface area contributed by atoms with E-state index in [4.69, 9.17) is 11.6 Å². The summed E-state index contributed by atoms with van der Waals surface area (Å²) < 4.78 is 14.3. The smallest absolute Gasteiger partial charge is 0.129 e. The summed E-state index contributed by atoms with van der Waals surface area (Å²) in [5.74, 6) is -0.226. The highest BCUT2D eigenvalue weighted by Gasteiger charge is 2.38. The summed E-state index contributed by atoms with van der Waals surface area (Å²) in [5, 5.41) is 3.90. The molecule has 1 heterocycles. The molecule has 0 saturated carbocycles. The SMILES string of the molecule is CCNC(c1ccc(Cl)cc1F)C(C)(C)N1CCCC1. The first-order valence-corrected chi connectivity index (χ1v) is 7.78. The molecule has 2 rings (SSSR count). The topological polar surface area (TPSA) is 15.3 Å². The second-order valence-electron chi connectivity index (χ2n) is 6.00. The molecule has 2 nitrogen and oxygen atoms in total. The van der Waals surface area contributed by atoms with Crippen LogP contribution < -0.4 is 5.32 Å². The van der Waals surface area contributed by atoms with E-state index in [0.717, 1.165) is 19.6 Å². The van der Waals surface area contributed by atoms with E-state index in [2.05, 4.69) is 31.0 Å². The number of hydrogen-bond donors (Lipinski definition) is 1. The monoisotopic (exact) mass is 298 g/mol. The van der Waals surface area contributed by atoms with Crippen molar-refractivity contribution in [1.29, 1.82) is 0 Å². The van der Waals surface area contributed by atoms with E-state index in [1.807, 2.05) is 6.07 Å². The van der Waals surface area contributed by atoms with Crippen molar-refractivity contribution in [3.05, 3.63) is 34.6 Å². The van der Waals surface area contributed by atoms with Crippen LogP contribution in [0.25, 0.3) is 0 Å². The molecular formula is C16H24ClFN2. The van der Waals surface area contributed by atoms with Crippen LogP contribution in [0.4, 0.5) is 4.39 Å². The second-order valence-corrected chi connectivity index (χ2v) is 6.44. The third-order valence-corrected chi connectivity index (χ3v) is 4.54. The summed E-state index contributed by atoms with van der Waals surface area (Å²) in [7, 11) is 0. The zero-order valence-corrected chi connectivity index (χ0v) is 13.3. The predicted octanol–water partition coefficient (Wildman–Crippen LogP) is 4.00. The Morgan fingerprint density at radius 3 is 2.55 bits per heavy atom. The average Bonchev–Trinajstić information content (AvgIpc) is 2.91. The van der Waals surface area contributed by atoms with Crippen LogP contribution in [-0.2, 0) is 0 Å². The molecule has 112 valence electrons. The Morgan fingerprint density at radius 1 is 1.35 bits per heavy atom. The minimum atomic E-state index is -0.226. The van der Waals surface area contributed by atoms with Crippen LogP contribution >= 0.6 is 11.6 Å². The highest BCUT2D eigenvalue weighted by molar-refractivity contribution is 6.30. The van der Waals surface area contributed by atoms with Crippen molar-refractivity contribution < 1.29 is 4.39 Å². The van der Waals surface area contributed by atoms with Gasteiger partial charge in [0, 0.05) is 16.1 Å². The molecule has 1 aliphatic heterocycles. The molecule has 20 heavy (non-hydrogen) atoms. The third-order valence-electron chi connectivity index (χ3n) is 4.31. The molecule has 1 fully saturated rings. The molecule has 1 N–H and O–H groups in total. The molecule has 1 aromatic rings. The van der Waals surface area contributed by atoms with Crippen LogP contribution in [0.15, 0.2) is 18.2 Å². The van der Waals surface area contributed by atoms with Gasteiger partial charge < -0.3 is 5.32 Å². The van der Waals surface area contributed by atoms with Gasteiger partial charge in [0.2, 0.25) is 0 Å². The fraction of sp³-hybridized carbons (Fsp3) is 0.625. The normalized spacial score (nSPS) is 18.4. The van der Waals surface area contributed by atoms with Crippen molar-refractivity contribution in [1.82, 2.24) is 10.2 Å². The highest BCUT2D eigenvalue weighted by Crippen LogP contribution is 2.35. The number of halogens is 2. The lowest BCUT2D eigenvalue weighted by Gasteiger charge is -2.43. The molecule has 0 aliphatic carbocycles. The van der Waals surface area contributed by atoms with E-state index < -0.39 is 0 Å². The van der Waals surface area contributed by atoms with Gasteiger partial charge in [-0.1, -0.05) is 24.6 Å². The number of nitrogens with one attached hydrogen (secondary N) is 1. The first-order valence-electron chi connectivity index (χ1n) is 7.40. The van der Waals surface area contributed by atoms with Gasteiger partial charge in [-0.3, -0.25) is 4.90 Å². The first-order chi connectivity index (χ1) is 9.46. The van der Waals surface area contributed by atoms with E-state index in [1.165, 1.54) is 18.9 Å². The predicted molar refractivity (Wildman–Crippen MR) is 82.7 cm³/mol. The van der Waals surface area contributed by atoms with Crippen molar-refractivity contribution in [2.24, 2.45) is 0 Å². The Hall–Kier alpha value is -0.640. The van der Waals surface area contributed by atoms with E-state index in [0.29, 0.717) is 10.6 Å². The summed E-state index contributed by atoms with van der Waals surface area (Å²) in [6.45, 7) is 9.43. The Bertz CT molecular complexity index is 456. The molecule has 0 radical (unpaired) electrons. The van der Waals surface area contributed by atoms with Gasteiger partial charge in [0.15, 0.2) is 0 Å². The molecule has 0 aromatic heterocycles. The van der Waals surface area contributed by atoms with E-state index in [1.54, 1.807) is 6.07 Å². The van der Waals surface area contributed by atoms with Gasteiger partial charge in [0.05, 0.1) is 6.04 Å². The molecular weight excluding hydrogens is 275 g/mol. The largest absolute Gasteiger partial charge is 0.309 e. The van der Waals surface area contributed by atoms with Crippen LogP contribution in [0.2, 0.25) is 5.02 Å². The summed E-state index contributed by atoms with van der Waals surface area (Å²) >= 11 is 5.87. The van der Waals surface area contributed by atoms with Crippen LogP contribution in [0.3, 0.4) is 0 Å². The van der Waals surface area contributed by atoms with Gasteiger partial charge in [-0.15, -0.1) is 0 Å². The second kappa shape index (κ2) is 6.42. The molecule has 1 aliphatic rings. The van der Waals surface area contributed by atoms with Crippen molar-refractivity contribution >= 4 is 11.6 Å². The van der Waals surface area contributed by atoms with Gasteiger partial charge in [0.25, 0.3) is 0 Å². The number of likely N-dealkylation sites (tertiary alicyclic amines) is 1. The standard InChI is InChI=1S/C16H24ClFN2/c1-4-19-15(13-8-7-12(17)11-14(13)18)16(2,3)20-9-5-6-10-20/h7-8,11,15,19H,4-6,9-10H2,1-3H3. The fourth-order valence-electron chi connectivity index (χ4n) is 3.16. The number of nitrogens with zero attached hydrogens (tertiary/aromatic N) is 1. The molecule has 1 unspecified atom stereocenters. The third kappa shape index (κ3) is 3.16. The van der Waals surface area contributed by atoms with Gasteiger partial charge in [-0.25, -0.2) is 4.39 Å². The molecule has 0 spiro atoms. The average molecular weight is 299 g/mol. The van der Waals surface area contributed by atoms with Crippen molar-refractivity contribution in [3.63, 3.8) is 0 Å². The summed E-state index contributed by atoms with van der Waals surface area (Å²) in [5.41, 5.74) is 0.578. The molecule has 0 bridgehead atoms. The zero-order valence-electron chi connectivity index (χ0n) is 12.5. The lowest BCUT2D eigenvalue weighted by atomic mass is 9.86. The van der Waals surface area contributed by atoms with Crippen molar-refractivity contribution in [2.75, 3.05) is 19.6 Å². The summed E-state index contributed by atoms with van der Waals surface area (Å²) in [6.07, 6.45) is 2.46. The van der Waals surface area contributed by atoms with E-state index >= 15 is 0 Å². The van der Waals surface area contributed by atoms with Crippen LogP contribution in [-0.4, -0.2) is 30.1 Å². The van der Waals surface area contributed by atoms with Crippen LogP contribution in [0.5, 0.6) is 0 Å². The number of rotatable bonds is 5.